The van der Waals surface area contributed by atoms with Crippen LogP contribution in [0.5, 0.6) is 11.5 Å². The van der Waals surface area contributed by atoms with Crippen molar-refractivity contribution in [2.45, 2.75) is 26.9 Å². The summed E-state index contributed by atoms with van der Waals surface area (Å²) in [5.74, 6) is 0.239. The van der Waals surface area contributed by atoms with Crippen LogP contribution in [0.25, 0.3) is 11.0 Å². The van der Waals surface area contributed by atoms with E-state index in [1.807, 2.05) is 26.0 Å². The van der Waals surface area contributed by atoms with E-state index in [4.69, 9.17) is 9.47 Å². The van der Waals surface area contributed by atoms with Gasteiger partial charge >= 0.3 is 0 Å². The number of ether oxygens (including phenoxy) is 2. The number of amides is 1. The monoisotopic (exact) mass is 448 g/mol. The molecule has 0 aliphatic carbocycles. The molecule has 0 bridgehead atoms. The number of nitrogens with zero attached hydrogens (tertiary/aromatic N) is 2. The molecule has 2 aromatic heterocycles. The minimum Gasteiger partial charge on any atom is -0.490 e. The SMILES string of the molecule is Cc1ccc(C(=O)NCCCOc2ccccc2F)cc1OCc1cnc2n[nH]c(C)c2c1. The summed E-state index contributed by atoms with van der Waals surface area (Å²) >= 11 is 0. The van der Waals surface area contributed by atoms with Crippen LogP contribution in [0.2, 0.25) is 0 Å². The molecule has 2 heterocycles. The van der Waals surface area contributed by atoms with Gasteiger partial charge in [0, 0.05) is 34.9 Å². The number of hydrogen-bond donors (Lipinski definition) is 2. The summed E-state index contributed by atoms with van der Waals surface area (Å²) in [7, 11) is 0. The highest BCUT2D eigenvalue weighted by Crippen LogP contribution is 2.22. The Kier molecular flexibility index (Phi) is 6.83. The van der Waals surface area contributed by atoms with E-state index in [1.165, 1.54) is 6.07 Å². The topological polar surface area (TPSA) is 89.1 Å². The predicted octanol–water partition coefficient (Wildman–Crippen LogP) is 4.49. The maximum atomic E-state index is 13.5. The lowest BCUT2D eigenvalue weighted by Gasteiger charge is -2.12. The fourth-order valence-electron chi connectivity index (χ4n) is 3.32. The van der Waals surface area contributed by atoms with Crippen LogP contribution in [0.3, 0.4) is 0 Å². The highest BCUT2D eigenvalue weighted by molar-refractivity contribution is 5.94. The Morgan fingerprint density at radius 1 is 1.09 bits per heavy atom. The minimum absolute atomic E-state index is 0.206. The summed E-state index contributed by atoms with van der Waals surface area (Å²) in [5, 5.41) is 10.9. The molecule has 2 N–H and O–H groups in total. The normalized spacial score (nSPS) is 10.9. The lowest BCUT2D eigenvalue weighted by molar-refractivity contribution is 0.0951. The number of pyridine rings is 1. The van der Waals surface area contributed by atoms with Crippen LogP contribution in [0.1, 0.15) is 33.6 Å². The molecule has 0 unspecified atom stereocenters. The number of aryl methyl sites for hydroxylation is 2. The third-order valence-electron chi connectivity index (χ3n) is 5.20. The van der Waals surface area contributed by atoms with Gasteiger partial charge in [-0.05, 0) is 56.2 Å². The third kappa shape index (κ3) is 5.46. The Morgan fingerprint density at radius 2 is 1.94 bits per heavy atom. The number of halogens is 1. The Balaban J connectivity index is 1.29. The first-order valence-corrected chi connectivity index (χ1v) is 10.7. The van der Waals surface area contributed by atoms with Gasteiger partial charge in [-0.15, -0.1) is 0 Å². The molecule has 0 saturated carbocycles. The van der Waals surface area contributed by atoms with E-state index in [0.717, 1.165) is 22.2 Å². The van der Waals surface area contributed by atoms with Crippen molar-refractivity contribution in [3.05, 3.63) is 82.9 Å². The van der Waals surface area contributed by atoms with Gasteiger partial charge in [-0.1, -0.05) is 18.2 Å². The molecule has 0 aliphatic rings. The molecule has 0 atom stereocenters. The van der Waals surface area contributed by atoms with Crippen molar-refractivity contribution in [2.75, 3.05) is 13.2 Å². The molecule has 33 heavy (non-hydrogen) atoms. The van der Waals surface area contributed by atoms with Gasteiger partial charge in [0.2, 0.25) is 0 Å². The van der Waals surface area contributed by atoms with Crippen LogP contribution in [-0.4, -0.2) is 34.2 Å². The van der Waals surface area contributed by atoms with E-state index in [1.54, 1.807) is 36.5 Å². The second-order valence-electron chi connectivity index (χ2n) is 7.72. The molecule has 170 valence electrons. The van der Waals surface area contributed by atoms with Crippen LogP contribution in [0, 0.1) is 19.7 Å². The van der Waals surface area contributed by atoms with Crippen LogP contribution in [0.15, 0.2) is 54.7 Å². The Bertz CT molecular complexity index is 1270. The molecular formula is C25H25FN4O3. The quantitative estimate of drug-likeness (QED) is 0.368. The van der Waals surface area contributed by atoms with Gasteiger partial charge in [0.05, 0.1) is 6.61 Å². The summed E-state index contributed by atoms with van der Waals surface area (Å²) in [6.07, 6.45) is 2.29. The summed E-state index contributed by atoms with van der Waals surface area (Å²) < 4.78 is 24.9. The van der Waals surface area contributed by atoms with Crippen molar-refractivity contribution in [2.24, 2.45) is 0 Å². The number of carbonyl (C=O) groups is 1. The van der Waals surface area contributed by atoms with E-state index >= 15 is 0 Å². The second-order valence-corrected chi connectivity index (χ2v) is 7.72. The zero-order valence-electron chi connectivity index (χ0n) is 18.5. The highest BCUT2D eigenvalue weighted by Gasteiger charge is 2.10. The molecule has 0 spiro atoms. The Morgan fingerprint density at radius 3 is 2.79 bits per heavy atom. The fraction of sp³-hybridized carbons (Fsp3) is 0.240. The molecule has 2 aromatic carbocycles. The first-order valence-electron chi connectivity index (χ1n) is 10.7. The largest absolute Gasteiger partial charge is 0.490 e. The van der Waals surface area contributed by atoms with E-state index in [9.17, 15) is 9.18 Å². The minimum atomic E-state index is -0.399. The standard InChI is InChI=1S/C25H25FN4O3/c1-16-8-9-19(25(31)27-10-5-11-32-22-7-4-3-6-21(22)26)13-23(16)33-15-18-12-20-17(2)29-30-24(20)28-14-18/h3-4,6-9,12-14H,5,10-11,15H2,1-2H3,(H,27,31)(H,28,29,30). The molecule has 0 aliphatic heterocycles. The number of hydrogen-bond acceptors (Lipinski definition) is 5. The van der Waals surface area contributed by atoms with Crippen molar-refractivity contribution in [3.63, 3.8) is 0 Å². The lowest BCUT2D eigenvalue weighted by atomic mass is 10.1. The number of para-hydroxylation sites is 1. The second kappa shape index (κ2) is 10.1. The number of carbonyl (C=O) groups excluding carboxylic acids is 1. The van der Waals surface area contributed by atoms with Gasteiger partial charge in [0.1, 0.15) is 12.4 Å². The molecule has 7 nitrogen and oxygen atoms in total. The van der Waals surface area contributed by atoms with Gasteiger partial charge in [-0.2, -0.15) is 5.10 Å². The zero-order valence-corrected chi connectivity index (χ0v) is 18.5. The third-order valence-corrected chi connectivity index (χ3v) is 5.20. The van der Waals surface area contributed by atoms with Gasteiger partial charge in [0.15, 0.2) is 17.2 Å². The summed E-state index contributed by atoms with van der Waals surface area (Å²) in [4.78, 5) is 16.9. The van der Waals surface area contributed by atoms with Crippen molar-refractivity contribution in [3.8, 4) is 11.5 Å². The van der Waals surface area contributed by atoms with Crippen molar-refractivity contribution < 1.29 is 18.7 Å². The van der Waals surface area contributed by atoms with E-state index in [0.29, 0.717) is 43.1 Å². The smallest absolute Gasteiger partial charge is 0.251 e. The predicted molar refractivity (Wildman–Crippen MR) is 123 cm³/mol. The van der Waals surface area contributed by atoms with Crippen LogP contribution in [0.4, 0.5) is 4.39 Å². The van der Waals surface area contributed by atoms with Crippen molar-refractivity contribution in [1.29, 1.82) is 0 Å². The maximum absolute atomic E-state index is 13.5. The average Bonchev–Trinajstić information content (AvgIpc) is 3.19. The number of fused-ring (bicyclic) bond motifs is 1. The van der Waals surface area contributed by atoms with Crippen LogP contribution in [-0.2, 0) is 6.61 Å². The van der Waals surface area contributed by atoms with Crippen LogP contribution < -0.4 is 14.8 Å². The number of benzene rings is 2. The Labute approximate surface area is 191 Å². The fourth-order valence-corrected chi connectivity index (χ4v) is 3.32. The summed E-state index contributed by atoms with van der Waals surface area (Å²) in [5.41, 5.74) is 3.97. The number of aromatic nitrogens is 3. The highest BCUT2D eigenvalue weighted by atomic mass is 19.1. The molecule has 0 saturated heterocycles. The average molecular weight is 448 g/mol. The van der Waals surface area contributed by atoms with Crippen molar-refractivity contribution >= 4 is 16.9 Å². The lowest BCUT2D eigenvalue weighted by Crippen LogP contribution is -2.25. The molecule has 8 heteroatoms. The molecule has 4 rings (SSSR count). The maximum Gasteiger partial charge on any atom is 0.251 e. The Hall–Kier alpha value is -3.94. The van der Waals surface area contributed by atoms with Gasteiger partial charge in [0.25, 0.3) is 5.91 Å². The van der Waals surface area contributed by atoms with Gasteiger partial charge in [-0.3, -0.25) is 9.89 Å². The molecule has 0 radical (unpaired) electrons. The van der Waals surface area contributed by atoms with E-state index < -0.39 is 5.82 Å². The molecule has 4 aromatic rings. The van der Waals surface area contributed by atoms with E-state index in [2.05, 4.69) is 20.5 Å². The first kappa shape index (κ1) is 22.3. The summed E-state index contributed by atoms with van der Waals surface area (Å²) in [6.45, 7) is 4.91. The number of H-pyrrole nitrogens is 1. The van der Waals surface area contributed by atoms with Gasteiger partial charge < -0.3 is 14.8 Å². The van der Waals surface area contributed by atoms with Crippen molar-refractivity contribution in [1.82, 2.24) is 20.5 Å². The zero-order chi connectivity index (χ0) is 23.2. The van der Waals surface area contributed by atoms with Gasteiger partial charge in [-0.25, -0.2) is 9.37 Å². The number of nitrogens with one attached hydrogen (secondary N) is 2. The molecule has 0 fully saturated rings. The van der Waals surface area contributed by atoms with E-state index in [-0.39, 0.29) is 11.7 Å². The molecule has 1 amide bonds. The first-order chi connectivity index (χ1) is 16.0. The number of rotatable bonds is 9. The molecular weight excluding hydrogens is 423 g/mol. The number of aromatic amines is 1. The van der Waals surface area contributed by atoms with Crippen LogP contribution >= 0.6 is 0 Å². The summed E-state index contributed by atoms with van der Waals surface area (Å²) in [6, 6.07) is 13.6.